The second kappa shape index (κ2) is 29.8. The topological polar surface area (TPSA) is 98.0 Å². The highest BCUT2D eigenvalue weighted by Gasteiger charge is 2.07. The molecular weight excluding hydrogens is 502 g/mol. The summed E-state index contributed by atoms with van der Waals surface area (Å²) in [6.45, 7) is 6.70. The molecule has 8 heteroatoms. The highest BCUT2D eigenvalue weighted by molar-refractivity contribution is 5.80. The Labute approximate surface area is 246 Å². The SMILES string of the molecule is CCCCCCCCCOC(=O)CCCCCCCN(CCCCCCCC=O)CCCN=C(NC#N)N(C)C. The molecule has 0 aliphatic heterocycles. The van der Waals surface area contributed by atoms with Gasteiger partial charge in [-0.15, -0.1) is 0 Å². The van der Waals surface area contributed by atoms with Crippen LogP contribution in [0.5, 0.6) is 0 Å². The number of hydrogen-bond acceptors (Lipinski definition) is 6. The molecule has 0 saturated heterocycles. The Bertz CT molecular complexity index is 663. The number of hydrogen-bond donors (Lipinski definition) is 1. The first kappa shape index (κ1) is 37.9. The van der Waals surface area contributed by atoms with Crippen LogP contribution in [0.25, 0.3) is 0 Å². The Morgan fingerprint density at radius 3 is 1.95 bits per heavy atom. The van der Waals surface area contributed by atoms with Gasteiger partial charge in [0.25, 0.3) is 0 Å². The van der Waals surface area contributed by atoms with Gasteiger partial charge >= 0.3 is 5.97 Å². The van der Waals surface area contributed by atoms with E-state index in [1.165, 1.54) is 64.2 Å². The van der Waals surface area contributed by atoms with Crippen LogP contribution in [-0.4, -0.2) is 74.9 Å². The number of carbonyl (C=O) groups is 2. The molecule has 0 aromatic rings. The van der Waals surface area contributed by atoms with Gasteiger partial charge in [-0.3, -0.25) is 15.1 Å². The lowest BCUT2D eigenvalue weighted by Crippen LogP contribution is -2.34. The largest absolute Gasteiger partial charge is 0.466 e. The van der Waals surface area contributed by atoms with Crippen molar-refractivity contribution in [3.8, 4) is 6.19 Å². The molecule has 0 heterocycles. The van der Waals surface area contributed by atoms with E-state index in [0.29, 0.717) is 32.0 Å². The van der Waals surface area contributed by atoms with E-state index in [0.717, 1.165) is 77.3 Å². The second-order valence-corrected chi connectivity index (χ2v) is 11.1. The number of aliphatic imine (C=N–C) groups is 1. The number of rotatable bonds is 28. The minimum atomic E-state index is -0.0339. The Kier molecular flexibility index (Phi) is 28.2. The quantitative estimate of drug-likeness (QED) is 0.0212. The number of ether oxygens (including phenoxy) is 1. The van der Waals surface area contributed by atoms with Gasteiger partial charge in [0.2, 0.25) is 5.96 Å². The summed E-state index contributed by atoms with van der Waals surface area (Å²) < 4.78 is 5.40. The minimum Gasteiger partial charge on any atom is -0.466 e. The van der Waals surface area contributed by atoms with Gasteiger partial charge in [0, 0.05) is 33.5 Å². The van der Waals surface area contributed by atoms with Crippen molar-refractivity contribution in [2.75, 3.05) is 46.9 Å². The molecule has 0 atom stereocenters. The van der Waals surface area contributed by atoms with Gasteiger partial charge in [-0.1, -0.05) is 84.0 Å². The fourth-order valence-corrected chi connectivity index (χ4v) is 4.70. The first-order valence-corrected chi connectivity index (χ1v) is 16.2. The van der Waals surface area contributed by atoms with Crippen molar-refractivity contribution in [2.45, 2.75) is 135 Å². The maximum Gasteiger partial charge on any atom is 0.305 e. The smallest absolute Gasteiger partial charge is 0.305 e. The third kappa shape index (κ3) is 26.1. The molecule has 0 aromatic heterocycles. The van der Waals surface area contributed by atoms with Crippen LogP contribution in [0.15, 0.2) is 4.99 Å². The van der Waals surface area contributed by atoms with Crippen LogP contribution in [0.2, 0.25) is 0 Å². The number of aldehydes is 1. The van der Waals surface area contributed by atoms with E-state index in [4.69, 9.17) is 10.00 Å². The number of carbonyl (C=O) groups excluding carboxylic acids is 2. The van der Waals surface area contributed by atoms with Gasteiger partial charge in [0.05, 0.1) is 6.61 Å². The average Bonchev–Trinajstić information content (AvgIpc) is 2.94. The molecule has 8 nitrogen and oxygen atoms in total. The van der Waals surface area contributed by atoms with E-state index in [-0.39, 0.29) is 5.97 Å². The van der Waals surface area contributed by atoms with Crippen LogP contribution in [0.3, 0.4) is 0 Å². The van der Waals surface area contributed by atoms with Crippen LogP contribution in [-0.2, 0) is 14.3 Å². The molecule has 0 radical (unpaired) electrons. The first-order valence-electron chi connectivity index (χ1n) is 16.2. The molecule has 0 spiro atoms. The Morgan fingerprint density at radius 2 is 1.35 bits per heavy atom. The lowest BCUT2D eigenvalue weighted by molar-refractivity contribution is -0.143. The highest BCUT2D eigenvalue weighted by atomic mass is 16.5. The van der Waals surface area contributed by atoms with Crippen molar-refractivity contribution in [3.05, 3.63) is 0 Å². The highest BCUT2D eigenvalue weighted by Crippen LogP contribution is 2.11. The van der Waals surface area contributed by atoms with Crippen LogP contribution in [0.1, 0.15) is 135 Å². The normalized spacial score (nSPS) is 11.4. The number of nitrogens with zero attached hydrogens (tertiary/aromatic N) is 4. The molecule has 0 amide bonds. The van der Waals surface area contributed by atoms with Crippen molar-refractivity contribution in [3.63, 3.8) is 0 Å². The number of nitriles is 1. The van der Waals surface area contributed by atoms with Crippen molar-refractivity contribution in [1.29, 1.82) is 5.26 Å². The first-order chi connectivity index (χ1) is 19.5. The minimum absolute atomic E-state index is 0.0339. The third-order valence-corrected chi connectivity index (χ3v) is 7.15. The standard InChI is InChI=1S/C32H61N5O3/c1-4-5-6-7-10-16-21-29-40-31(39)23-17-12-11-14-19-26-37(25-18-13-8-9-15-20-28-38)27-22-24-34-32(35-30-33)36(2)3/h28H,4-27,29H2,1-3H3,(H,34,35). The molecule has 0 fully saturated rings. The summed E-state index contributed by atoms with van der Waals surface area (Å²) in [5.74, 6) is 0.569. The van der Waals surface area contributed by atoms with Gasteiger partial charge in [-0.05, 0) is 58.2 Å². The summed E-state index contributed by atoms with van der Waals surface area (Å²) in [6, 6.07) is 0. The molecule has 0 bridgehead atoms. The van der Waals surface area contributed by atoms with E-state index < -0.39 is 0 Å². The van der Waals surface area contributed by atoms with Crippen LogP contribution in [0, 0.1) is 11.5 Å². The maximum absolute atomic E-state index is 12.0. The lowest BCUT2D eigenvalue weighted by atomic mass is 10.1. The zero-order valence-electron chi connectivity index (χ0n) is 26.3. The Balaban J connectivity index is 4.08. The monoisotopic (exact) mass is 563 g/mol. The Hall–Kier alpha value is -2.14. The molecule has 0 saturated carbocycles. The zero-order valence-corrected chi connectivity index (χ0v) is 26.3. The number of unbranched alkanes of at least 4 members (excludes halogenated alkanes) is 15. The van der Waals surface area contributed by atoms with Crippen molar-refractivity contribution >= 4 is 18.2 Å². The second-order valence-electron chi connectivity index (χ2n) is 11.1. The van der Waals surface area contributed by atoms with Crippen molar-refractivity contribution in [1.82, 2.24) is 15.1 Å². The number of esters is 1. The van der Waals surface area contributed by atoms with E-state index in [9.17, 15) is 9.59 Å². The number of nitrogens with one attached hydrogen (secondary N) is 1. The maximum atomic E-state index is 12.0. The number of guanidine groups is 1. The van der Waals surface area contributed by atoms with Crippen molar-refractivity contribution in [2.24, 2.45) is 4.99 Å². The lowest BCUT2D eigenvalue weighted by Gasteiger charge is -2.22. The van der Waals surface area contributed by atoms with Crippen LogP contribution in [0.4, 0.5) is 0 Å². The average molecular weight is 564 g/mol. The Morgan fingerprint density at radius 1 is 0.800 bits per heavy atom. The zero-order chi connectivity index (χ0) is 29.5. The summed E-state index contributed by atoms with van der Waals surface area (Å²) in [5, 5.41) is 11.5. The predicted molar refractivity (Wildman–Crippen MR) is 166 cm³/mol. The fraction of sp³-hybridized carbons (Fsp3) is 0.875. The molecule has 0 aliphatic rings. The van der Waals surface area contributed by atoms with E-state index >= 15 is 0 Å². The summed E-state index contributed by atoms with van der Waals surface area (Å²) in [4.78, 5) is 31.3. The van der Waals surface area contributed by atoms with Gasteiger partial charge in [0.15, 0.2) is 6.19 Å². The molecular formula is C32H61N5O3. The molecule has 0 aromatic carbocycles. The predicted octanol–water partition coefficient (Wildman–Crippen LogP) is 6.84. The van der Waals surface area contributed by atoms with Gasteiger partial charge < -0.3 is 19.3 Å². The molecule has 0 aliphatic carbocycles. The molecule has 40 heavy (non-hydrogen) atoms. The van der Waals surface area contributed by atoms with Gasteiger partial charge in [0.1, 0.15) is 6.29 Å². The van der Waals surface area contributed by atoms with E-state index in [2.05, 4.69) is 22.1 Å². The molecule has 232 valence electrons. The van der Waals surface area contributed by atoms with Crippen molar-refractivity contribution < 1.29 is 14.3 Å². The van der Waals surface area contributed by atoms with Gasteiger partial charge in [-0.2, -0.15) is 5.26 Å². The van der Waals surface area contributed by atoms with Crippen LogP contribution < -0.4 is 5.32 Å². The third-order valence-electron chi connectivity index (χ3n) is 7.15. The van der Waals surface area contributed by atoms with E-state index in [1.54, 1.807) is 0 Å². The van der Waals surface area contributed by atoms with E-state index in [1.807, 2.05) is 25.2 Å². The molecule has 0 unspecified atom stereocenters. The molecule has 1 N–H and O–H groups in total. The summed E-state index contributed by atoms with van der Waals surface area (Å²) in [7, 11) is 3.76. The van der Waals surface area contributed by atoms with Crippen LogP contribution >= 0.6 is 0 Å². The van der Waals surface area contributed by atoms with Gasteiger partial charge in [-0.25, -0.2) is 0 Å². The summed E-state index contributed by atoms with van der Waals surface area (Å²) >= 11 is 0. The summed E-state index contributed by atoms with van der Waals surface area (Å²) in [5.41, 5.74) is 0. The molecule has 0 rings (SSSR count). The fourth-order valence-electron chi connectivity index (χ4n) is 4.70. The summed E-state index contributed by atoms with van der Waals surface area (Å²) in [6.07, 6.45) is 25.1.